The van der Waals surface area contributed by atoms with Gasteiger partial charge in [-0.3, -0.25) is 0 Å². The van der Waals surface area contributed by atoms with Crippen molar-refractivity contribution in [3.8, 4) is 0 Å². The van der Waals surface area contributed by atoms with E-state index in [0.29, 0.717) is 0 Å². The van der Waals surface area contributed by atoms with Crippen molar-refractivity contribution in [3.63, 3.8) is 0 Å². The number of nitrogens with zero attached hydrogens (tertiary/aromatic N) is 1. The molecule has 5 nitrogen and oxygen atoms in total. The highest BCUT2D eigenvalue weighted by atomic mass is 16.5. The van der Waals surface area contributed by atoms with Crippen LogP contribution in [0, 0.1) is 0 Å². The molecule has 1 aromatic heterocycles. The molecule has 0 aliphatic heterocycles. The van der Waals surface area contributed by atoms with E-state index in [1.165, 1.54) is 18.3 Å². The van der Waals surface area contributed by atoms with Crippen LogP contribution in [0.1, 0.15) is 20.8 Å². The first-order valence-electron chi connectivity index (χ1n) is 3.67. The number of carbonyl (C=O) groups excluding carboxylic acids is 1. The molecule has 0 bridgehead atoms. The summed E-state index contributed by atoms with van der Waals surface area (Å²) in [4.78, 5) is 25.4. The Labute approximate surface area is 79.7 Å². The first-order valence-corrected chi connectivity index (χ1v) is 3.67. The van der Waals surface area contributed by atoms with Crippen molar-refractivity contribution in [1.82, 2.24) is 4.98 Å². The molecule has 0 amide bonds. The molecular weight excluding hydrogens is 186 g/mol. The van der Waals surface area contributed by atoms with E-state index in [1.54, 1.807) is 0 Å². The molecule has 5 heteroatoms. The molecule has 0 radical (unpaired) electrons. The summed E-state index contributed by atoms with van der Waals surface area (Å²) in [6, 6.07) is 2.77. The number of carboxylic acids is 1. The summed E-state index contributed by atoms with van der Waals surface area (Å²) in [6.07, 6.45) is 2.22. The summed E-state index contributed by atoms with van der Waals surface area (Å²) in [7, 11) is 0. The van der Waals surface area contributed by atoms with E-state index in [1.807, 2.05) is 0 Å². The van der Waals surface area contributed by atoms with E-state index in [-0.39, 0.29) is 11.3 Å². The van der Waals surface area contributed by atoms with Gasteiger partial charge in [-0.2, -0.15) is 0 Å². The molecule has 0 saturated carbocycles. The minimum atomic E-state index is -1.28. The monoisotopic (exact) mass is 193 g/mol. The maximum absolute atomic E-state index is 11.2. The van der Waals surface area contributed by atoms with Crippen LogP contribution in [0.4, 0.5) is 0 Å². The molecule has 1 aromatic rings. The van der Waals surface area contributed by atoms with Crippen molar-refractivity contribution in [2.45, 2.75) is 0 Å². The number of rotatable bonds is 3. The zero-order valence-electron chi connectivity index (χ0n) is 7.14. The van der Waals surface area contributed by atoms with Gasteiger partial charge in [-0.15, -0.1) is 0 Å². The zero-order chi connectivity index (χ0) is 10.6. The molecule has 0 aromatic carbocycles. The lowest BCUT2D eigenvalue weighted by Crippen LogP contribution is -2.11. The smallest absolute Gasteiger partial charge is 0.355 e. The van der Waals surface area contributed by atoms with Crippen LogP contribution in [0.5, 0.6) is 0 Å². The maximum atomic E-state index is 11.2. The summed E-state index contributed by atoms with van der Waals surface area (Å²) >= 11 is 0. The summed E-state index contributed by atoms with van der Waals surface area (Å²) in [5, 5.41) is 8.69. The van der Waals surface area contributed by atoms with E-state index in [4.69, 9.17) is 5.11 Å². The number of ether oxygens (including phenoxy) is 1. The average Bonchev–Trinajstić information content (AvgIpc) is 2.18. The van der Waals surface area contributed by atoms with Crippen LogP contribution in [-0.2, 0) is 4.74 Å². The number of pyridine rings is 1. The molecule has 0 aliphatic carbocycles. The minimum Gasteiger partial charge on any atom is -0.476 e. The molecule has 0 unspecified atom stereocenters. The van der Waals surface area contributed by atoms with Crippen LogP contribution in [-0.4, -0.2) is 22.0 Å². The fraction of sp³-hybridized carbons (Fsp3) is 0. The molecule has 0 spiro atoms. The summed E-state index contributed by atoms with van der Waals surface area (Å²) < 4.78 is 4.44. The summed E-state index contributed by atoms with van der Waals surface area (Å²) in [6.45, 7) is 3.19. The Kier molecular flexibility index (Phi) is 2.96. The molecule has 72 valence electrons. The fourth-order valence-corrected chi connectivity index (χ4v) is 0.880. The molecule has 0 aliphatic rings. The first kappa shape index (κ1) is 9.91. The maximum Gasteiger partial charge on any atom is 0.355 e. The zero-order valence-corrected chi connectivity index (χ0v) is 7.14. The van der Waals surface area contributed by atoms with E-state index >= 15 is 0 Å². The minimum absolute atomic E-state index is 0.0973. The number of hydrogen-bond acceptors (Lipinski definition) is 4. The highest BCUT2D eigenvalue weighted by Gasteiger charge is 2.17. The van der Waals surface area contributed by atoms with Crippen LogP contribution in [0.25, 0.3) is 0 Å². The predicted octanol–water partition coefficient (Wildman–Crippen LogP) is 1.08. The lowest BCUT2D eigenvalue weighted by molar-refractivity contribution is 0.0628. The fourth-order valence-electron chi connectivity index (χ4n) is 0.880. The third-order valence-corrected chi connectivity index (χ3v) is 1.42. The van der Waals surface area contributed by atoms with Gasteiger partial charge >= 0.3 is 11.9 Å². The number of esters is 1. The molecule has 14 heavy (non-hydrogen) atoms. The number of aromatic nitrogens is 1. The lowest BCUT2D eigenvalue weighted by atomic mass is 10.2. The van der Waals surface area contributed by atoms with Crippen molar-refractivity contribution in [3.05, 3.63) is 42.4 Å². The third kappa shape index (κ3) is 1.95. The largest absolute Gasteiger partial charge is 0.476 e. The van der Waals surface area contributed by atoms with Crippen molar-refractivity contribution in [2.75, 3.05) is 0 Å². The molecule has 1 rings (SSSR count). The quantitative estimate of drug-likeness (QED) is 0.574. The van der Waals surface area contributed by atoms with Gasteiger partial charge < -0.3 is 9.84 Å². The molecule has 0 saturated heterocycles. The van der Waals surface area contributed by atoms with Crippen LogP contribution in [0.3, 0.4) is 0 Å². The molecular formula is C9H7NO4. The predicted molar refractivity (Wildman–Crippen MR) is 46.8 cm³/mol. The van der Waals surface area contributed by atoms with E-state index in [0.717, 1.165) is 6.26 Å². The second kappa shape index (κ2) is 4.18. The summed E-state index contributed by atoms with van der Waals surface area (Å²) in [5.74, 6) is -2.06. The van der Waals surface area contributed by atoms with Crippen LogP contribution in [0.2, 0.25) is 0 Å². The molecule has 0 atom stereocenters. The Morgan fingerprint density at radius 3 is 2.86 bits per heavy atom. The molecule has 0 fully saturated rings. The molecule has 1 heterocycles. The number of carboxylic acid groups (broad SMARTS) is 1. The number of carbonyl (C=O) groups is 2. The van der Waals surface area contributed by atoms with Crippen LogP contribution >= 0.6 is 0 Å². The third-order valence-electron chi connectivity index (χ3n) is 1.42. The van der Waals surface area contributed by atoms with Crippen molar-refractivity contribution >= 4 is 11.9 Å². The van der Waals surface area contributed by atoms with Gasteiger partial charge in [-0.1, -0.05) is 6.58 Å². The first-order chi connectivity index (χ1) is 6.66. The highest BCUT2D eigenvalue weighted by Crippen LogP contribution is 2.07. The van der Waals surface area contributed by atoms with Gasteiger partial charge in [-0.05, 0) is 12.1 Å². The SMILES string of the molecule is C=COC(=O)c1cccnc1C(=O)O. The van der Waals surface area contributed by atoms with Crippen LogP contribution in [0.15, 0.2) is 31.2 Å². The van der Waals surface area contributed by atoms with Gasteiger partial charge in [0.05, 0.1) is 11.8 Å². The van der Waals surface area contributed by atoms with Crippen molar-refractivity contribution in [1.29, 1.82) is 0 Å². The number of hydrogen-bond donors (Lipinski definition) is 1. The second-order valence-corrected chi connectivity index (χ2v) is 2.28. The number of aromatic carboxylic acids is 1. The topological polar surface area (TPSA) is 76.5 Å². The van der Waals surface area contributed by atoms with Crippen molar-refractivity contribution < 1.29 is 19.4 Å². The van der Waals surface area contributed by atoms with Crippen molar-refractivity contribution in [2.24, 2.45) is 0 Å². The Bertz CT molecular complexity index is 386. The van der Waals surface area contributed by atoms with Gasteiger partial charge in [0.1, 0.15) is 0 Å². The Morgan fingerprint density at radius 2 is 2.29 bits per heavy atom. The van der Waals surface area contributed by atoms with Crippen LogP contribution < -0.4 is 0 Å². The standard InChI is InChI=1S/C9H7NO4/c1-2-14-9(13)6-4-3-5-10-7(6)8(11)12/h2-5H,1H2,(H,11,12). The second-order valence-electron chi connectivity index (χ2n) is 2.28. The van der Waals surface area contributed by atoms with Gasteiger partial charge in [0.25, 0.3) is 0 Å². The molecule has 1 N–H and O–H groups in total. The van der Waals surface area contributed by atoms with E-state index in [9.17, 15) is 9.59 Å². The Morgan fingerprint density at radius 1 is 1.57 bits per heavy atom. The van der Waals surface area contributed by atoms with Gasteiger partial charge in [0, 0.05) is 6.20 Å². The van der Waals surface area contributed by atoms with Gasteiger partial charge in [-0.25, -0.2) is 14.6 Å². The lowest BCUT2D eigenvalue weighted by Gasteiger charge is -2.01. The Hall–Kier alpha value is -2.17. The van der Waals surface area contributed by atoms with Gasteiger partial charge in [0.15, 0.2) is 5.69 Å². The summed E-state index contributed by atoms with van der Waals surface area (Å²) in [5.41, 5.74) is -0.431. The van der Waals surface area contributed by atoms with E-state index < -0.39 is 11.9 Å². The normalized spacial score (nSPS) is 9.14. The van der Waals surface area contributed by atoms with E-state index in [2.05, 4.69) is 16.3 Å². The highest BCUT2D eigenvalue weighted by molar-refractivity contribution is 6.01. The van der Waals surface area contributed by atoms with Gasteiger partial charge in [0.2, 0.25) is 0 Å². The average molecular weight is 193 g/mol. The Balaban J connectivity index is 3.12.